The number of nitrogens with one attached hydrogen (secondary N) is 1. The minimum absolute atomic E-state index is 0.818. The molecule has 4 rings (SSSR count). The zero-order chi connectivity index (χ0) is 13.0. The van der Waals surface area contributed by atoms with Crippen LogP contribution in [0.25, 0.3) is 0 Å². The Kier molecular flexibility index (Phi) is 3.13. The van der Waals surface area contributed by atoms with Gasteiger partial charge in [-0.3, -0.25) is 9.80 Å². The highest BCUT2D eigenvalue weighted by Crippen LogP contribution is 2.36. The topological polar surface area (TPSA) is 18.5 Å². The number of nitrogens with zero attached hydrogens (tertiary/aromatic N) is 2. The van der Waals surface area contributed by atoms with Gasteiger partial charge in [0.2, 0.25) is 0 Å². The molecule has 4 fully saturated rings. The molecule has 3 saturated heterocycles. The van der Waals surface area contributed by atoms with Gasteiger partial charge in [0.25, 0.3) is 0 Å². The van der Waals surface area contributed by atoms with Crippen LogP contribution in [-0.2, 0) is 0 Å². The molecule has 0 aromatic heterocycles. The quantitative estimate of drug-likeness (QED) is 0.838. The molecule has 1 saturated carbocycles. The molecule has 3 heteroatoms. The summed E-state index contributed by atoms with van der Waals surface area (Å²) in [4.78, 5) is 5.54. The standard InChI is InChI=1S/C16H29N3/c1-11-7-16(10-19(11)14-5-6-14)18(2)15-8-12-3-4-13(9-15)17-12/h11-17H,3-10H2,1-2H3. The van der Waals surface area contributed by atoms with Crippen LogP contribution in [0.2, 0.25) is 0 Å². The molecule has 4 atom stereocenters. The van der Waals surface area contributed by atoms with Crippen molar-refractivity contribution in [2.45, 2.75) is 88.1 Å². The Labute approximate surface area is 117 Å². The van der Waals surface area contributed by atoms with Crippen LogP contribution in [0.5, 0.6) is 0 Å². The van der Waals surface area contributed by atoms with Gasteiger partial charge in [-0.05, 0) is 58.9 Å². The van der Waals surface area contributed by atoms with Crippen molar-refractivity contribution in [1.29, 1.82) is 0 Å². The number of likely N-dealkylation sites (N-methyl/N-ethyl adjacent to an activating group) is 1. The molecule has 108 valence electrons. The maximum atomic E-state index is 3.77. The van der Waals surface area contributed by atoms with Crippen LogP contribution >= 0.6 is 0 Å². The van der Waals surface area contributed by atoms with Gasteiger partial charge in [-0.2, -0.15) is 0 Å². The van der Waals surface area contributed by atoms with Crippen LogP contribution in [0, 0.1) is 0 Å². The summed E-state index contributed by atoms with van der Waals surface area (Å²) >= 11 is 0. The van der Waals surface area contributed by atoms with Crippen molar-refractivity contribution < 1.29 is 0 Å². The molecule has 0 aromatic carbocycles. The van der Waals surface area contributed by atoms with E-state index < -0.39 is 0 Å². The van der Waals surface area contributed by atoms with E-state index in [1.807, 2.05) is 0 Å². The van der Waals surface area contributed by atoms with E-state index in [4.69, 9.17) is 0 Å². The Morgan fingerprint density at radius 1 is 0.947 bits per heavy atom. The minimum Gasteiger partial charge on any atom is -0.311 e. The number of hydrogen-bond acceptors (Lipinski definition) is 3. The molecule has 3 heterocycles. The largest absolute Gasteiger partial charge is 0.311 e. The molecule has 4 aliphatic rings. The normalized spacial score (nSPS) is 47.2. The molecule has 0 radical (unpaired) electrons. The highest BCUT2D eigenvalue weighted by molar-refractivity contribution is 5.00. The predicted octanol–water partition coefficient (Wildman–Crippen LogP) is 1.83. The molecule has 19 heavy (non-hydrogen) atoms. The van der Waals surface area contributed by atoms with Gasteiger partial charge in [0, 0.05) is 42.8 Å². The van der Waals surface area contributed by atoms with E-state index in [-0.39, 0.29) is 0 Å². The minimum atomic E-state index is 0.818. The molecule has 0 spiro atoms. The summed E-state index contributed by atoms with van der Waals surface area (Å²) in [5.41, 5.74) is 0. The third kappa shape index (κ3) is 2.34. The lowest BCUT2D eigenvalue weighted by atomic mass is 9.97. The van der Waals surface area contributed by atoms with Crippen molar-refractivity contribution >= 4 is 0 Å². The maximum absolute atomic E-state index is 3.77. The third-order valence-corrected chi connectivity index (χ3v) is 6.22. The van der Waals surface area contributed by atoms with Crippen molar-refractivity contribution in [2.24, 2.45) is 0 Å². The van der Waals surface area contributed by atoms with E-state index in [2.05, 4.69) is 29.1 Å². The Morgan fingerprint density at radius 3 is 2.26 bits per heavy atom. The van der Waals surface area contributed by atoms with Crippen LogP contribution in [0.1, 0.15) is 51.9 Å². The summed E-state index contributed by atoms with van der Waals surface area (Å²) in [7, 11) is 2.41. The van der Waals surface area contributed by atoms with Gasteiger partial charge in [-0.25, -0.2) is 0 Å². The molecule has 1 aliphatic carbocycles. The molecular weight excluding hydrogens is 234 g/mol. The number of fused-ring (bicyclic) bond motifs is 2. The smallest absolute Gasteiger partial charge is 0.0238 e. The van der Waals surface area contributed by atoms with E-state index in [9.17, 15) is 0 Å². The monoisotopic (exact) mass is 263 g/mol. The first-order valence-electron chi connectivity index (χ1n) is 8.44. The van der Waals surface area contributed by atoms with Crippen LogP contribution in [0.3, 0.4) is 0 Å². The van der Waals surface area contributed by atoms with Crippen molar-refractivity contribution in [2.75, 3.05) is 13.6 Å². The highest BCUT2D eigenvalue weighted by atomic mass is 15.3. The van der Waals surface area contributed by atoms with E-state index in [1.54, 1.807) is 0 Å². The lowest BCUT2D eigenvalue weighted by Crippen LogP contribution is -2.50. The van der Waals surface area contributed by atoms with Gasteiger partial charge in [-0.1, -0.05) is 0 Å². The van der Waals surface area contributed by atoms with Gasteiger partial charge in [0.15, 0.2) is 0 Å². The number of piperidine rings is 1. The SMILES string of the molecule is CC1CC(N(C)C2CC3CCC(C2)N3)CN1C1CC1. The van der Waals surface area contributed by atoms with E-state index >= 15 is 0 Å². The van der Waals surface area contributed by atoms with E-state index in [1.165, 1.54) is 51.5 Å². The summed E-state index contributed by atoms with van der Waals surface area (Å²) in [5.74, 6) is 0. The first kappa shape index (κ1) is 12.6. The van der Waals surface area contributed by atoms with E-state index in [0.717, 1.165) is 36.3 Å². The van der Waals surface area contributed by atoms with Crippen molar-refractivity contribution in [1.82, 2.24) is 15.1 Å². The second-order valence-electron chi connectivity index (χ2n) is 7.60. The lowest BCUT2D eigenvalue weighted by Gasteiger charge is -2.38. The predicted molar refractivity (Wildman–Crippen MR) is 78.3 cm³/mol. The molecule has 0 aromatic rings. The van der Waals surface area contributed by atoms with E-state index in [0.29, 0.717) is 0 Å². The molecule has 3 aliphatic heterocycles. The second kappa shape index (κ2) is 4.71. The second-order valence-corrected chi connectivity index (χ2v) is 7.60. The summed E-state index contributed by atoms with van der Waals surface area (Å²) in [6, 6.07) is 5.07. The van der Waals surface area contributed by atoms with Gasteiger partial charge >= 0.3 is 0 Å². The molecular formula is C16H29N3. The zero-order valence-corrected chi connectivity index (χ0v) is 12.5. The fraction of sp³-hybridized carbons (Fsp3) is 1.00. The number of likely N-dealkylation sites (tertiary alicyclic amines) is 1. The Morgan fingerprint density at radius 2 is 1.63 bits per heavy atom. The summed E-state index contributed by atoms with van der Waals surface area (Å²) in [6.45, 7) is 3.78. The van der Waals surface area contributed by atoms with Crippen LogP contribution in [-0.4, -0.2) is 59.6 Å². The first-order valence-corrected chi connectivity index (χ1v) is 8.44. The van der Waals surface area contributed by atoms with Gasteiger partial charge in [0.1, 0.15) is 0 Å². The molecule has 1 N–H and O–H groups in total. The van der Waals surface area contributed by atoms with Crippen molar-refractivity contribution in [3.8, 4) is 0 Å². The van der Waals surface area contributed by atoms with Crippen molar-refractivity contribution in [3.63, 3.8) is 0 Å². The number of hydrogen-bond donors (Lipinski definition) is 1. The fourth-order valence-corrected chi connectivity index (χ4v) is 4.90. The highest BCUT2D eigenvalue weighted by Gasteiger charge is 2.43. The summed E-state index contributed by atoms with van der Waals surface area (Å²) in [5, 5.41) is 3.77. The number of rotatable bonds is 3. The third-order valence-electron chi connectivity index (χ3n) is 6.22. The average molecular weight is 263 g/mol. The van der Waals surface area contributed by atoms with Crippen molar-refractivity contribution in [3.05, 3.63) is 0 Å². The molecule has 4 unspecified atom stereocenters. The molecule has 2 bridgehead atoms. The fourth-order valence-electron chi connectivity index (χ4n) is 4.90. The van der Waals surface area contributed by atoms with Gasteiger partial charge in [0.05, 0.1) is 0 Å². The Hall–Kier alpha value is -0.120. The summed E-state index contributed by atoms with van der Waals surface area (Å²) in [6.07, 6.45) is 9.93. The van der Waals surface area contributed by atoms with Gasteiger partial charge < -0.3 is 5.32 Å². The Bertz CT molecular complexity index is 329. The molecule has 3 nitrogen and oxygen atoms in total. The molecule has 0 amide bonds. The zero-order valence-electron chi connectivity index (χ0n) is 12.5. The lowest BCUT2D eigenvalue weighted by molar-refractivity contribution is 0.124. The van der Waals surface area contributed by atoms with Crippen LogP contribution < -0.4 is 5.32 Å². The average Bonchev–Trinajstić information content (AvgIpc) is 3.10. The first-order chi connectivity index (χ1) is 9.20. The maximum Gasteiger partial charge on any atom is 0.0238 e. The summed E-state index contributed by atoms with van der Waals surface area (Å²) < 4.78 is 0. The van der Waals surface area contributed by atoms with Crippen LogP contribution in [0.15, 0.2) is 0 Å². The Balaban J connectivity index is 1.39. The van der Waals surface area contributed by atoms with Crippen LogP contribution in [0.4, 0.5) is 0 Å². The van der Waals surface area contributed by atoms with Gasteiger partial charge in [-0.15, -0.1) is 0 Å².